The van der Waals surface area contributed by atoms with Gasteiger partial charge in [0.25, 0.3) is 0 Å². The molecule has 0 radical (unpaired) electrons. The number of ether oxygens (including phenoxy) is 2. The zero-order valence-electron chi connectivity index (χ0n) is 8.49. The molecule has 14 heavy (non-hydrogen) atoms. The van der Waals surface area contributed by atoms with E-state index in [2.05, 4.69) is 6.58 Å². The summed E-state index contributed by atoms with van der Waals surface area (Å²) in [7, 11) is 1.45. The van der Waals surface area contributed by atoms with Crippen LogP contribution in [0.4, 0.5) is 0 Å². The average Bonchev–Trinajstić information content (AvgIpc) is 2.72. The Morgan fingerprint density at radius 2 is 2.50 bits per heavy atom. The molecule has 3 heteroatoms. The Kier molecular flexibility index (Phi) is 2.35. The fourth-order valence-electron chi connectivity index (χ4n) is 2.75. The van der Waals surface area contributed by atoms with Crippen LogP contribution >= 0.6 is 0 Å². The Morgan fingerprint density at radius 3 is 3.14 bits per heavy atom. The van der Waals surface area contributed by atoms with Crippen LogP contribution in [0.3, 0.4) is 0 Å². The van der Waals surface area contributed by atoms with Crippen LogP contribution in [-0.4, -0.2) is 25.3 Å². The normalized spacial score (nSPS) is 40.6. The smallest absolute Gasteiger partial charge is 0.314 e. The van der Waals surface area contributed by atoms with Crippen molar-refractivity contribution in [3.05, 3.63) is 12.7 Å². The first kappa shape index (κ1) is 9.71. The predicted molar refractivity (Wildman–Crippen MR) is 51.8 cm³/mol. The lowest BCUT2D eigenvalue weighted by molar-refractivity contribution is -0.154. The molecule has 3 nitrogen and oxygen atoms in total. The number of rotatable bonds is 2. The number of methoxy groups -OCH3 is 1. The molecule has 1 saturated carbocycles. The van der Waals surface area contributed by atoms with Crippen LogP contribution in [0.1, 0.15) is 25.7 Å². The Balaban J connectivity index is 2.22. The van der Waals surface area contributed by atoms with Crippen LogP contribution in [0, 0.1) is 5.41 Å². The molecular formula is C11H16O3. The quantitative estimate of drug-likeness (QED) is 0.498. The molecule has 0 bridgehead atoms. The van der Waals surface area contributed by atoms with Gasteiger partial charge < -0.3 is 9.47 Å². The van der Waals surface area contributed by atoms with Gasteiger partial charge in [0.1, 0.15) is 0 Å². The topological polar surface area (TPSA) is 35.5 Å². The highest BCUT2D eigenvalue weighted by Gasteiger charge is 2.56. The van der Waals surface area contributed by atoms with Crippen molar-refractivity contribution in [1.29, 1.82) is 0 Å². The molecule has 1 saturated heterocycles. The number of carbonyl (C=O) groups excluding carboxylic acids is 1. The van der Waals surface area contributed by atoms with Gasteiger partial charge in [0.2, 0.25) is 0 Å². The third kappa shape index (κ3) is 1.19. The van der Waals surface area contributed by atoms with Gasteiger partial charge in [-0.3, -0.25) is 4.79 Å². The maximum atomic E-state index is 11.7. The van der Waals surface area contributed by atoms with Crippen LogP contribution in [0.15, 0.2) is 12.7 Å². The fourth-order valence-corrected chi connectivity index (χ4v) is 2.75. The molecule has 2 fully saturated rings. The first-order valence-electron chi connectivity index (χ1n) is 5.09. The first-order chi connectivity index (χ1) is 6.73. The zero-order chi connectivity index (χ0) is 10.2. The van der Waals surface area contributed by atoms with Gasteiger partial charge in [-0.15, -0.1) is 6.58 Å². The molecular weight excluding hydrogens is 180 g/mol. The molecule has 0 aromatic rings. The SMILES string of the molecule is C=C[C@@H]1C[C@@]2(C(=O)OC)CCC[C@H]2O1. The maximum Gasteiger partial charge on any atom is 0.314 e. The number of hydrogen-bond acceptors (Lipinski definition) is 3. The van der Waals surface area contributed by atoms with E-state index in [9.17, 15) is 4.79 Å². The summed E-state index contributed by atoms with van der Waals surface area (Å²) in [6.45, 7) is 3.71. The van der Waals surface area contributed by atoms with Crippen LogP contribution in [0.2, 0.25) is 0 Å². The maximum absolute atomic E-state index is 11.7. The lowest BCUT2D eigenvalue weighted by Crippen LogP contribution is -2.35. The van der Waals surface area contributed by atoms with Crippen molar-refractivity contribution < 1.29 is 14.3 Å². The lowest BCUT2D eigenvalue weighted by atomic mass is 9.81. The minimum atomic E-state index is -0.367. The second kappa shape index (κ2) is 3.39. The summed E-state index contributed by atoms with van der Waals surface area (Å²) in [5, 5.41) is 0. The van der Waals surface area contributed by atoms with Crippen molar-refractivity contribution in [2.75, 3.05) is 7.11 Å². The van der Waals surface area contributed by atoms with Crippen molar-refractivity contribution in [3.8, 4) is 0 Å². The summed E-state index contributed by atoms with van der Waals surface area (Å²) in [6.07, 6.45) is 5.53. The van der Waals surface area contributed by atoms with E-state index in [0.717, 1.165) is 25.7 Å². The Bertz CT molecular complexity index is 261. The van der Waals surface area contributed by atoms with Crippen molar-refractivity contribution in [3.63, 3.8) is 0 Å². The number of esters is 1. The van der Waals surface area contributed by atoms with Gasteiger partial charge in [0.05, 0.1) is 24.7 Å². The van der Waals surface area contributed by atoms with E-state index in [4.69, 9.17) is 9.47 Å². The van der Waals surface area contributed by atoms with E-state index in [0.29, 0.717) is 0 Å². The van der Waals surface area contributed by atoms with Crippen LogP contribution in [0.25, 0.3) is 0 Å². The summed E-state index contributed by atoms with van der Waals surface area (Å²) in [5.41, 5.74) is -0.367. The van der Waals surface area contributed by atoms with Gasteiger partial charge in [0, 0.05) is 0 Å². The summed E-state index contributed by atoms with van der Waals surface area (Å²) in [6, 6.07) is 0. The third-order valence-corrected chi connectivity index (χ3v) is 3.46. The molecule has 78 valence electrons. The Labute approximate surface area is 84.1 Å². The molecule has 2 rings (SSSR count). The van der Waals surface area contributed by atoms with Crippen LogP contribution < -0.4 is 0 Å². The monoisotopic (exact) mass is 196 g/mol. The van der Waals surface area contributed by atoms with Gasteiger partial charge in [-0.2, -0.15) is 0 Å². The fraction of sp³-hybridized carbons (Fsp3) is 0.727. The van der Waals surface area contributed by atoms with E-state index >= 15 is 0 Å². The average molecular weight is 196 g/mol. The van der Waals surface area contributed by atoms with Gasteiger partial charge in [-0.1, -0.05) is 6.08 Å². The van der Waals surface area contributed by atoms with Crippen molar-refractivity contribution >= 4 is 5.97 Å². The van der Waals surface area contributed by atoms with Gasteiger partial charge in [-0.25, -0.2) is 0 Å². The molecule has 0 spiro atoms. The van der Waals surface area contributed by atoms with E-state index in [1.54, 1.807) is 6.08 Å². The van der Waals surface area contributed by atoms with E-state index in [-0.39, 0.29) is 23.6 Å². The minimum absolute atomic E-state index is 0.0272. The molecule has 0 aromatic heterocycles. The third-order valence-electron chi connectivity index (χ3n) is 3.46. The minimum Gasteiger partial charge on any atom is -0.469 e. The number of fused-ring (bicyclic) bond motifs is 1. The highest BCUT2D eigenvalue weighted by molar-refractivity contribution is 5.78. The molecule has 1 aliphatic heterocycles. The first-order valence-corrected chi connectivity index (χ1v) is 5.09. The van der Waals surface area contributed by atoms with Gasteiger partial charge in [-0.05, 0) is 25.7 Å². The van der Waals surface area contributed by atoms with E-state index in [1.807, 2.05) is 0 Å². The summed E-state index contributed by atoms with van der Waals surface area (Å²) < 4.78 is 10.6. The Morgan fingerprint density at radius 1 is 1.71 bits per heavy atom. The summed E-state index contributed by atoms with van der Waals surface area (Å²) >= 11 is 0. The van der Waals surface area contributed by atoms with Crippen molar-refractivity contribution in [2.24, 2.45) is 5.41 Å². The molecule has 0 unspecified atom stereocenters. The molecule has 1 heterocycles. The summed E-state index contributed by atoms with van der Waals surface area (Å²) in [5.74, 6) is -0.107. The molecule has 0 amide bonds. The lowest BCUT2D eigenvalue weighted by Gasteiger charge is -2.23. The number of hydrogen-bond donors (Lipinski definition) is 0. The predicted octanol–water partition coefficient (Wildman–Crippen LogP) is 1.67. The summed E-state index contributed by atoms with van der Waals surface area (Å²) in [4.78, 5) is 11.7. The number of carbonyl (C=O) groups is 1. The Hall–Kier alpha value is -0.830. The molecule has 0 N–H and O–H groups in total. The van der Waals surface area contributed by atoms with E-state index in [1.165, 1.54) is 7.11 Å². The van der Waals surface area contributed by atoms with Crippen LogP contribution in [-0.2, 0) is 14.3 Å². The molecule has 0 aromatic carbocycles. The molecule has 2 aliphatic rings. The van der Waals surface area contributed by atoms with Crippen molar-refractivity contribution in [1.82, 2.24) is 0 Å². The van der Waals surface area contributed by atoms with Crippen molar-refractivity contribution in [2.45, 2.75) is 37.9 Å². The van der Waals surface area contributed by atoms with Gasteiger partial charge >= 0.3 is 5.97 Å². The zero-order valence-corrected chi connectivity index (χ0v) is 8.49. The second-order valence-corrected chi connectivity index (χ2v) is 4.14. The highest BCUT2D eigenvalue weighted by atomic mass is 16.5. The molecule has 3 atom stereocenters. The van der Waals surface area contributed by atoms with E-state index < -0.39 is 0 Å². The highest BCUT2D eigenvalue weighted by Crippen LogP contribution is 2.50. The standard InChI is InChI=1S/C11H16O3/c1-3-8-7-11(10(12)13-2)6-4-5-9(11)14-8/h3,8-9H,1,4-7H2,2H3/t8-,9-,11+/m1/s1. The van der Waals surface area contributed by atoms with Crippen LogP contribution in [0.5, 0.6) is 0 Å². The molecule has 1 aliphatic carbocycles. The largest absolute Gasteiger partial charge is 0.469 e. The van der Waals surface area contributed by atoms with Gasteiger partial charge in [0.15, 0.2) is 0 Å². The second-order valence-electron chi connectivity index (χ2n) is 4.14.